The number of unbranched alkanes of at least 4 members (excludes halogenated alkanes) is 2. The lowest BCUT2D eigenvalue weighted by Crippen LogP contribution is -2.18. The van der Waals surface area contributed by atoms with Crippen LogP contribution >= 0.6 is 0 Å². The van der Waals surface area contributed by atoms with E-state index in [9.17, 15) is 17.6 Å². The zero-order chi connectivity index (χ0) is 22.8. The van der Waals surface area contributed by atoms with E-state index in [2.05, 4.69) is 16.9 Å². The van der Waals surface area contributed by atoms with Crippen molar-refractivity contribution in [2.75, 3.05) is 6.67 Å². The monoisotopic (exact) mass is 454 g/mol. The summed E-state index contributed by atoms with van der Waals surface area (Å²) in [5.74, 6) is 2.70. The molecule has 0 bridgehead atoms. The van der Waals surface area contributed by atoms with Crippen molar-refractivity contribution < 1.29 is 22.3 Å². The van der Waals surface area contributed by atoms with Gasteiger partial charge in [-0.15, -0.1) is 13.2 Å². The van der Waals surface area contributed by atoms with Gasteiger partial charge in [-0.25, -0.2) is 0 Å². The first-order chi connectivity index (χ1) is 15.4. The summed E-state index contributed by atoms with van der Waals surface area (Å²) in [6, 6.07) is 6.45. The molecule has 0 aliphatic heterocycles. The first-order valence-electron chi connectivity index (χ1n) is 12.5. The lowest BCUT2D eigenvalue weighted by molar-refractivity contribution is -0.274. The number of halogens is 4. The van der Waals surface area contributed by atoms with E-state index in [1.165, 1.54) is 63.5 Å². The van der Waals surface area contributed by atoms with E-state index in [0.717, 1.165) is 49.0 Å². The average Bonchev–Trinajstić information content (AvgIpc) is 2.78. The first-order valence-corrected chi connectivity index (χ1v) is 12.5. The lowest BCUT2D eigenvalue weighted by atomic mass is 9.74. The van der Waals surface area contributed by atoms with E-state index in [1.807, 2.05) is 0 Å². The molecule has 2 saturated carbocycles. The van der Waals surface area contributed by atoms with E-state index in [0.29, 0.717) is 12.3 Å². The van der Waals surface area contributed by atoms with Gasteiger partial charge in [-0.3, -0.25) is 4.39 Å². The van der Waals surface area contributed by atoms with E-state index in [4.69, 9.17) is 0 Å². The summed E-state index contributed by atoms with van der Waals surface area (Å²) in [6.07, 6.45) is 15.3. The zero-order valence-electron chi connectivity index (χ0n) is 19.1. The minimum atomic E-state index is -4.63. The summed E-state index contributed by atoms with van der Waals surface area (Å²) < 4.78 is 53.0. The molecule has 2 fully saturated rings. The Hall–Kier alpha value is -1.52. The van der Waals surface area contributed by atoms with Crippen molar-refractivity contribution in [3.63, 3.8) is 0 Å². The van der Waals surface area contributed by atoms with Crippen LogP contribution in [-0.2, 0) is 0 Å². The van der Waals surface area contributed by atoms with Crippen molar-refractivity contribution in [1.82, 2.24) is 0 Å². The van der Waals surface area contributed by atoms with Crippen LogP contribution in [0.15, 0.2) is 36.4 Å². The second-order valence-electron chi connectivity index (χ2n) is 9.81. The van der Waals surface area contributed by atoms with Crippen molar-refractivity contribution in [2.24, 2.45) is 17.8 Å². The van der Waals surface area contributed by atoms with Crippen LogP contribution < -0.4 is 4.74 Å². The van der Waals surface area contributed by atoms with Crippen LogP contribution in [0.1, 0.15) is 95.0 Å². The van der Waals surface area contributed by atoms with Crippen LogP contribution in [0.4, 0.5) is 17.6 Å². The number of rotatable bonds is 10. The fraction of sp³-hybridized carbons (Fsp3) is 0.704. The third kappa shape index (κ3) is 8.78. The van der Waals surface area contributed by atoms with Gasteiger partial charge in [-0.1, -0.05) is 37.1 Å². The average molecular weight is 455 g/mol. The predicted molar refractivity (Wildman–Crippen MR) is 121 cm³/mol. The third-order valence-electron chi connectivity index (χ3n) is 7.47. The van der Waals surface area contributed by atoms with Crippen molar-refractivity contribution in [1.29, 1.82) is 0 Å². The van der Waals surface area contributed by atoms with Crippen LogP contribution in [0.2, 0.25) is 0 Å². The summed E-state index contributed by atoms with van der Waals surface area (Å²) in [5.41, 5.74) is 1.13. The van der Waals surface area contributed by atoms with Crippen LogP contribution in [0.5, 0.6) is 5.75 Å². The highest BCUT2D eigenvalue weighted by molar-refractivity contribution is 5.29. The number of benzene rings is 1. The Morgan fingerprint density at radius 1 is 0.812 bits per heavy atom. The smallest absolute Gasteiger partial charge is 0.406 e. The normalized spacial score (nSPS) is 27.0. The standard InChI is InChI=1S/C27H38F4O/c28-20-4-2-1-3-5-21-6-8-22(9-7-21)10-11-23-12-14-24(15-13-23)25-16-18-26(19-17-25)32-27(29,30)31/h3,5,16-19,21-24H,1-2,4,6-15,20H2/b5-3+/t21-,22-,23-,24-. The topological polar surface area (TPSA) is 9.23 Å². The van der Waals surface area contributed by atoms with E-state index >= 15 is 0 Å². The molecule has 0 atom stereocenters. The largest absolute Gasteiger partial charge is 0.573 e. The van der Waals surface area contributed by atoms with Gasteiger partial charge >= 0.3 is 6.36 Å². The molecule has 0 aromatic heterocycles. The molecule has 180 valence electrons. The van der Waals surface area contributed by atoms with Crippen LogP contribution in [0.3, 0.4) is 0 Å². The molecule has 2 aliphatic rings. The maximum Gasteiger partial charge on any atom is 0.573 e. The van der Waals surface area contributed by atoms with Crippen LogP contribution in [0.25, 0.3) is 0 Å². The second kappa shape index (κ2) is 12.6. The van der Waals surface area contributed by atoms with Gasteiger partial charge in [0, 0.05) is 0 Å². The maximum absolute atomic E-state index is 12.3. The predicted octanol–water partition coefficient (Wildman–Crippen LogP) is 9.14. The Morgan fingerprint density at radius 2 is 1.41 bits per heavy atom. The molecule has 0 radical (unpaired) electrons. The highest BCUT2D eigenvalue weighted by Gasteiger charge is 2.31. The summed E-state index contributed by atoms with van der Waals surface area (Å²) >= 11 is 0. The summed E-state index contributed by atoms with van der Waals surface area (Å²) in [6.45, 7) is -0.200. The first kappa shape index (κ1) is 25.1. The van der Waals surface area contributed by atoms with Gasteiger partial charge in [-0.05, 0) is 112 Å². The fourth-order valence-electron chi connectivity index (χ4n) is 5.51. The molecule has 0 amide bonds. The van der Waals surface area contributed by atoms with Crippen LogP contribution in [0, 0.1) is 17.8 Å². The van der Waals surface area contributed by atoms with Gasteiger partial charge in [0.05, 0.1) is 6.67 Å². The molecule has 3 rings (SSSR count). The second-order valence-corrected chi connectivity index (χ2v) is 9.81. The summed E-state index contributed by atoms with van der Waals surface area (Å²) in [7, 11) is 0. The van der Waals surface area contributed by atoms with Gasteiger partial charge in [-0.2, -0.15) is 0 Å². The molecule has 0 heterocycles. The summed E-state index contributed by atoms with van der Waals surface area (Å²) in [4.78, 5) is 0. The maximum atomic E-state index is 12.3. The van der Waals surface area contributed by atoms with Crippen molar-refractivity contribution in [3.8, 4) is 5.75 Å². The minimum absolute atomic E-state index is 0.142. The Balaban J connectivity index is 1.30. The lowest BCUT2D eigenvalue weighted by Gasteiger charge is -2.31. The number of hydrogen-bond donors (Lipinski definition) is 0. The van der Waals surface area contributed by atoms with Gasteiger partial charge in [0.1, 0.15) is 5.75 Å². The van der Waals surface area contributed by atoms with E-state index in [1.54, 1.807) is 12.1 Å². The molecule has 1 nitrogen and oxygen atoms in total. The molecule has 0 N–H and O–H groups in total. The Labute approximate surface area is 190 Å². The van der Waals surface area contributed by atoms with Crippen molar-refractivity contribution in [3.05, 3.63) is 42.0 Å². The Morgan fingerprint density at radius 3 is 1.97 bits per heavy atom. The Bertz CT molecular complexity index is 666. The molecule has 1 aromatic rings. The molecule has 2 aliphatic carbocycles. The zero-order valence-corrected chi connectivity index (χ0v) is 19.1. The minimum Gasteiger partial charge on any atom is -0.406 e. The van der Waals surface area contributed by atoms with Gasteiger partial charge < -0.3 is 4.74 Å². The number of allylic oxidation sites excluding steroid dienone is 2. The molecular formula is C27H38F4O. The van der Waals surface area contributed by atoms with E-state index < -0.39 is 6.36 Å². The number of ether oxygens (including phenoxy) is 1. The molecular weight excluding hydrogens is 416 g/mol. The molecule has 32 heavy (non-hydrogen) atoms. The Kier molecular flexibility index (Phi) is 9.92. The van der Waals surface area contributed by atoms with Gasteiger partial charge in [0.2, 0.25) is 0 Å². The molecule has 1 aromatic carbocycles. The third-order valence-corrected chi connectivity index (χ3v) is 7.47. The highest BCUT2D eigenvalue weighted by Crippen LogP contribution is 2.40. The van der Waals surface area contributed by atoms with Crippen molar-refractivity contribution in [2.45, 2.75) is 95.8 Å². The summed E-state index contributed by atoms with van der Waals surface area (Å²) in [5, 5.41) is 0. The highest BCUT2D eigenvalue weighted by atomic mass is 19.4. The molecule has 0 unspecified atom stereocenters. The van der Waals surface area contributed by atoms with Crippen molar-refractivity contribution >= 4 is 0 Å². The van der Waals surface area contributed by atoms with Crippen LogP contribution in [-0.4, -0.2) is 13.0 Å². The molecule has 0 saturated heterocycles. The van der Waals surface area contributed by atoms with Gasteiger partial charge in [0.25, 0.3) is 0 Å². The number of alkyl halides is 4. The van der Waals surface area contributed by atoms with E-state index in [-0.39, 0.29) is 12.4 Å². The quantitative estimate of drug-likeness (QED) is 0.194. The fourth-order valence-corrected chi connectivity index (χ4v) is 5.51. The molecule has 0 spiro atoms. The number of hydrogen-bond acceptors (Lipinski definition) is 1. The molecule has 5 heteroatoms. The SMILES string of the molecule is FCCCC/C=C/[C@H]1CC[C@H](CC[C@H]2CC[C@H](c3ccc(OC(F)(F)F)cc3)CC2)CC1. The van der Waals surface area contributed by atoms with Gasteiger partial charge in [0.15, 0.2) is 0 Å².